The van der Waals surface area contributed by atoms with Crippen LogP contribution in [0.4, 0.5) is 18.9 Å². The molecule has 0 saturated carbocycles. The lowest BCUT2D eigenvalue weighted by atomic mass is 10.2. The maximum atomic E-state index is 12.1. The Balaban J connectivity index is 2.61. The predicted octanol–water partition coefficient (Wildman–Crippen LogP) is 3.96. The lowest BCUT2D eigenvalue weighted by Crippen LogP contribution is -2.18. The fourth-order valence-electron chi connectivity index (χ4n) is 1.30. The number of ether oxygens (including phenoxy) is 1. The van der Waals surface area contributed by atoms with E-state index in [0.717, 1.165) is 12.8 Å². The quantitative estimate of drug-likeness (QED) is 0.605. The second-order valence-corrected chi connectivity index (χ2v) is 3.40. The summed E-state index contributed by atoms with van der Waals surface area (Å²) in [6, 6.07) is 5.98. The van der Waals surface area contributed by atoms with E-state index in [1.54, 1.807) is 18.2 Å². The number of para-hydroxylation sites is 2. The summed E-state index contributed by atoms with van der Waals surface area (Å²) in [5.74, 6) is -0.210. The summed E-state index contributed by atoms with van der Waals surface area (Å²) in [4.78, 5) is 0. The largest absolute Gasteiger partial charge is 0.573 e. The van der Waals surface area contributed by atoms with Gasteiger partial charge in [-0.3, -0.25) is 0 Å². The number of benzene rings is 1. The van der Waals surface area contributed by atoms with Crippen LogP contribution in [0.1, 0.15) is 12.8 Å². The summed E-state index contributed by atoms with van der Waals surface area (Å²) in [6.45, 7) is 4.14. The Kier molecular flexibility index (Phi) is 4.87. The van der Waals surface area contributed by atoms with Crippen LogP contribution in [0.3, 0.4) is 0 Å². The Morgan fingerprint density at radius 2 is 2.00 bits per heavy atom. The second kappa shape index (κ2) is 6.18. The highest BCUT2D eigenvalue weighted by Crippen LogP contribution is 2.29. The highest BCUT2D eigenvalue weighted by Gasteiger charge is 2.31. The molecule has 0 aromatic heterocycles. The van der Waals surface area contributed by atoms with Gasteiger partial charge in [-0.15, -0.1) is 19.8 Å². The van der Waals surface area contributed by atoms with Gasteiger partial charge in [0.25, 0.3) is 0 Å². The fraction of sp³-hybridized carbons (Fsp3) is 0.333. The van der Waals surface area contributed by atoms with Crippen LogP contribution in [0.2, 0.25) is 0 Å². The van der Waals surface area contributed by atoms with Crippen LogP contribution >= 0.6 is 0 Å². The van der Waals surface area contributed by atoms with Gasteiger partial charge in [0.1, 0.15) is 0 Å². The molecule has 0 unspecified atom stereocenters. The van der Waals surface area contributed by atoms with E-state index in [2.05, 4.69) is 16.6 Å². The van der Waals surface area contributed by atoms with Gasteiger partial charge in [-0.2, -0.15) is 0 Å². The van der Waals surface area contributed by atoms with Gasteiger partial charge in [-0.05, 0) is 25.0 Å². The van der Waals surface area contributed by atoms with Gasteiger partial charge in [0.15, 0.2) is 5.75 Å². The first-order valence-electron chi connectivity index (χ1n) is 5.22. The molecule has 94 valence electrons. The van der Waals surface area contributed by atoms with E-state index in [-0.39, 0.29) is 5.75 Å². The Labute approximate surface area is 98.1 Å². The van der Waals surface area contributed by atoms with Gasteiger partial charge < -0.3 is 10.1 Å². The van der Waals surface area contributed by atoms with Crippen molar-refractivity contribution < 1.29 is 17.9 Å². The molecule has 0 radical (unpaired) electrons. The highest BCUT2D eigenvalue weighted by atomic mass is 19.4. The minimum absolute atomic E-state index is 0.210. The van der Waals surface area contributed by atoms with Crippen molar-refractivity contribution in [3.05, 3.63) is 36.9 Å². The summed E-state index contributed by atoms with van der Waals surface area (Å²) in [7, 11) is 0. The molecule has 5 heteroatoms. The predicted molar refractivity (Wildman–Crippen MR) is 61.0 cm³/mol. The van der Waals surface area contributed by atoms with Crippen LogP contribution in [0.25, 0.3) is 0 Å². The number of nitrogens with one attached hydrogen (secondary N) is 1. The first-order chi connectivity index (χ1) is 8.03. The van der Waals surface area contributed by atoms with Crippen molar-refractivity contribution in [1.29, 1.82) is 0 Å². The van der Waals surface area contributed by atoms with Crippen molar-refractivity contribution in [3.8, 4) is 5.75 Å². The first-order valence-corrected chi connectivity index (χ1v) is 5.22. The molecule has 0 saturated heterocycles. The number of anilines is 1. The van der Waals surface area contributed by atoms with E-state index >= 15 is 0 Å². The van der Waals surface area contributed by atoms with Crippen molar-refractivity contribution >= 4 is 5.69 Å². The molecule has 0 fully saturated rings. The zero-order valence-corrected chi connectivity index (χ0v) is 9.26. The molecule has 0 aliphatic rings. The molecular formula is C12H14F3NO. The fourth-order valence-corrected chi connectivity index (χ4v) is 1.30. The maximum absolute atomic E-state index is 12.1. The maximum Gasteiger partial charge on any atom is 0.573 e. The van der Waals surface area contributed by atoms with Crippen LogP contribution < -0.4 is 10.1 Å². The Morgan fingerprint density at radius 3 is 2.65 bits per heavy atom. The van der Waals surface area contributed by atoms with Crippen molar-refractivity contribution in [3.63, 3.8) is 0 Å². The first kappa shape index (κ1) is 13.4. The average Bonchev–Trinajstić information content (AvgIpc) is 2.24. The van der Waals surface area contributed by atoms with Crippen LogP contribution in [0, 0.1) is 0 Å². The molecule has 1 N–H and O–H groups in total. The van der Waals surface area contributed by atoms with Crippen molar-refractivity contribution in [2.45, 2.75) is 19.2 Å². The van der Waals surface area contributed by atoms with Gasteiger partial charge in [0, 0.05) is 6.54 Å². The summed E-state index contributed by atoms with van der Waals surface area (Å²) in [5.41, 5.74) is 0.342. The molecule has 1 aromatic carbocycles. The van der Waals surface area contributed by atoms with Crippen molar-refractivity contribution in [2.75, 3.05) is 11.9 Å². The van der Waals surface area contributed by atoms with E-state index in [4.69, 9.17) is 0 Å². The monoisotopic (exact) mass is 245 g/mol. The topological polar surface area (TPSA) is 21.3 Å². The van der Waals surface area contributed by atoms with Crippen molar-refractivity contribution in [2.24, 2.45) is 0 Å². The minimum atomic E-state index is -4.67. The molecule has 0 atom stereocenters. The third-order valence-electron chi connectivity index (χ3n) is 2.01. The molecular weight excluding hydrogens is 231 g/mol. The van der Waals surface area contributed by atoms with E-state index in [1.165, 1.54) is 12.1 Å². The highest BCUT2D eigenvalue weighted by molar-refractivity contribution is 5.56. The van der Waals surface area contributed by atoms with Gasteiger partial charge in [-0.25, -0.2) is 0 Å². The number of hydrogen-bond acceptors (Lipinski definition) is 2. The summed E-state index contributed by atoms with van der Waals surface area (Å²) >= 11 is 0. The zero-order chi connectivity index (χ0) is 12.7. The van der Waals surface area contributed by atoms with Gasteiger partial charge in [0.05, 0.1) is 5.69 Å². The lowest BCUT2D eigenvalue weighted by molar-refractivity contribution is -0.274. The molecule has 1 rings (SSSR count). The number of hydrogen-bond donors (Lipinski definition) is 1. The third kappa shape index (κ3) is 5.29. The molecule has 0 aliphatic carbocycles. The Bertz CT molecular complexity index is 363. The molecule has 2 nitrogen and oxygen atoms in total. The van der Waals surface area contributed by atoms with Crippen LogP contribution in [-0.2, 0) is 0 Å². The normalized spacial score (nSPS) is 11.0. The molecule has 0 spiro atoms. The Morgan fingerprint density at radius 1 is 1.29 bits per heavy atom. The number of unbranched alkanes of at least 4 members (excludes halogenated alkanes) is 1. The third-order valence-corrected chi connectivity index (χ3v) is 2.01. The number of alkyl halides is 3. The average molecular weight is 245 g/mol. The van der Waals surface area contributed by atoms with Crippen LogP contribution in [0.15, 0.2) is 36.9 Å². The van der Waals surface area contributed by atoms with Gasteiger partial charge in [0.2, 0.25) is 0 Å². The number of halogens is 3. The van der Waals surface area contributed by atoms with Crippen LogP contribution in [0.5, 0.6) is 5.75 Å². The lowest BCUT2D eigenvalue weighted by Gasteiger charge is -2.14. The van der Waals surface area contributed by atoms with Gasteiger partial charge >= 0.3 is 6.36 Å². The number of rotatable bonds is 6. The number of allylic oxidation sites excluding steroid dienone is 1. The molecule has 0 amide bonds. The Hall–Kier alpha value is -1.65. The summed E-state index contributed by atoms with van der Waals surface area (Å²) in [5, 5.41) is 2.90. The molecule has 0 heterocycles. The van der Waals surface area contributed by atoms with E-state index in [9.17, 15) is 13.2 Å². The molecule has 17 heavy (non-hydrogen) atoms. The SMILES string of the molecule is C=CCCCNc1ccccc1OC(F)(F)F. The molecule has 0 aliphatic heterocycles. The van der Waals surface area contributed by atoms with Crippen molar-refractivity contribution in [1.82, 2.24) is 0 Å². The van der Waals surface area contributed by atoms with E-state index < -0.39 is 6.36 Å². The van der Waals surface area contributed by atoms with Gasteiger partial charge in [-0.1, -0.05) is 18.2 Å². The standard InChI is InChI=1S/C12H14F3NO/c1-2-3-6-9-16-10-7-4-5-8-11(10)17-12(13,14)15/h2,4-5,7-8,16H,1,3,6,9H2. The summed E-state index contributed by atoms with van der Waals surface area (Å²) in [6.07, 6.45) is -1.28. The minimum Gasteiger partial charge on any atom is -0.404 e. The van der Waals surface area contributed by atoms with E-state index in [0.29, 0.717) is 12.2 Å². The van der Waals surface area contributed by atoms with E-state index in [1.807, 2.05) is 0 Å². The second-order valence-electron chi connectivity index (χ2n) is 3.40. The molecule has 0 bridgehead atoms. The molecule has 1 aromatic rings. The van der Waals surface area contributed by atoms with Crippen LogP contribution in [-0.4, -0.2) is 12.9 Å². The summed E-state index contributed by atoms with van der Waals surface area (Å²) < 4.78 is 40.2. The zero-order valence-electron chi connectivity index (χ0n) is 9.26. The smallest absolute Gasteiger partial charge is 0.404 e.